The number of pyridine rings is 1. The Bertz CT molecular complexity index is 331. The van der Waals surface area contributed by atoms with E-state index in [4.69, 9.17) is 5.73 Å². The Morgan fingerprint density at radius 3 is 3.08 bits per heavy atom. The predicted molar refractivity (Wildman–Crippen MR) is 51.8 cm³/mol. The van der Waals surface area contributed by atoms with Crippen molar-refractivity contribution in [2.45, 2.75) is 13.3 Å². The van der Waals surface area contributed by atoms with E-state index in [0.717, 1.165) is 11.3 Å². The molecule has 1 rings (SSSR count). The molecular formula is C10H12N2O. The smallest absolute Gasteiger partial charge is 0.221 e. The summed E-state index contributed by atoms with van der Waals surface area (Å²) in [6, 6.07) is 3.84. The first kappa shape index (κ1) is 9.45. The van der Waals surface area contributed by atoms with Gasteiger partial charge in [0.25, 0.3) is 0 Å². The minimum absolute atomic E-state index is 0.260. The quantitative estimate of drug-likeness (QED) is 0.754. The molecule has 0 aliphatic heterocycles. The van der Waals surface area contributed by atoms with Crippen LogP contribution in [0.1, 0.15) is 17.7 Å². The van der Waals surface area contributed by atoms with Crippen molar-refractivity contribution in [3.05, 3.63) is 35.7 Å². The number of aromatic nitrogens is 1. The van der Waals surface area contributed by atoms with E-state index in [2.05, 4.69) is 4.98 Å². The zero-order valence-corrected chi connectivity index (χ0v) is 7.53. The lowest BCUT2D eigenvalue weighted by Crippen LogP contribution is -2.07. The van der Waals surface area contributed by atoms with Gasteiger partial charge in [0.1, 0.15) is 0 Å². The van der Waals surface area contributed by atoms with Gasteiger partial charge in [0.05, 0.1) is 5.69 Å². The van der Waals surface area contributed by atoms with Gasteiger partial charge in [0.15, 0.2) is 0 Å². The highest BCUT2D eigenvalue weighted by Crippen LogP contribution is 2.05. The van der Waals surface area contributed by atoms with Crippen LogP contribution in [0.5, 0.6) is 0 Å². The van der Waals surface area contributed by atoms with Crippen LogP contribution in [0.15, 0.2) is 24.4 Å². The van der Waals surface area contributed by atoms with Gasteiger partial charge in [-0.05, 0) is 24.6 Å². The number of aryl methyl sites for hydroxylation is 1. The molecule has 0 radical (unpaired) electrons. The highest BCUT2D eigenvalue weighted by molar-refractivity contribution is 5.76. The minimum atomic E-state index is -0.329. The summed E-state index contributed by atoms with van der Waals surface area (Å²) in [5, 5.41) is 0. The van der Waals surface area contributed by atoms with Crippen LogP contribution in [0.3, 0.4) is 0 Å². The molecule has 0 fully saturated rings. The first-order valence-electron chi connectivity index (χ1n) is 4.06. The molecule has 0 saturated heterocycles. The van der Waals surface area contributed by atoms with E-state index in [1.807, 2.05) is 19.1 Å². The number of carbonyl (C=O) groups is 1. The summed E-state index contributed by atoms with van der Waals surface area (Å²) in [7, 11) is 0. The fourth-order valence-electron chi connectivity index (χ4n) is 0.959. The molecule has 13 heavy (non-hydrogen) atoms. The van der Waals surface area contributed by atoms with Gasteiger partial charge >= 0.3 is 0 Å². The van der Waals surface area contributed by atoms with E-state index in [1.54, 1.807) is 18.3 Å². The highest BCUT2D eigenvalue weighted by atomic mass is 16.1. The molecule has 1 aromatic heterocycles. The molecule has 0 spiro atoms. The number of hydrogen-bond acceptors (Lipinski definition) is 2. The van der Waals surface area contributed by atoms with Gasteiger partial charge in [0.2, 0.25) is 5.91 Å². The van der Waals surface area contributed by atoms with Crippen molar-refractivity contribution in [3.8, 4) is 0 Å². The SMILES string of the molecule is Cc1cccnc1C=CCC(N)=O. The third-order valence-electron chi connectivity index (χ3n) is 1.64. The highest BCUT2D eigenvalue weighted by Gasteiger charge is 1.92. The second kappa shape index (κ2) is 4.40. The Balaban J connectivity index is 2.68. The second-order valence-electron chi connectivity index (χ2n) is 2.78. The number of primary amides is 1. The number of amides is 1. The summed E-state index contributed by atoms with van der Waals surface area (Å²) in [5.41, 5.74) is 6.95. The van der Waals surface area contributed by atoms with Crippen molar-refractivity contribution in [3.63, 3.8) is 0 Å². The number of nitrogens with two attached hydrogens (primary N) is 1. The summed E-state index contributed by atoms with van der Waals surface area (Å²) in [6.07, 6.45) is 5.50. The zero-order chi connectivity index (χ0) is 9.68. The molecule has 0 bridgehead atoms. The van der Waals surface area contributed by atoms with E-state index in [9.17, 15) is 4.79 Å². The molecule has 1 aromatic rings. The summed E-state index contributed by atoms with van der Waals surface area (Å²) in [6.45, 7) is 1.97. The third-order valence-corrected chi connectivity index (χ3v) is 1.64. The predicted octanol–water partition coefficient (Wildman–Crippen LogP) is 1.28. The van der Waals surface area contributed by atoms with E-state index in [-0.39, 0.29) is 12.3 Å². The number of nitrogens with zero attached hydrogens (tertiary/aromatic N) is 1. The zero-order valence-electron chi connectivity index (χ0n) is 7.53. The summed E-state index contributed by atoms with van der Waals surface area (Å²) < 4.78 is 0. The van der Waals surface area contributed by atoms with Gasteiger partial charge in [-0.3, -0.25) is 9.78 Å². The van der Waals surface area contributed by atoms with Gasteiger partial charge in [-0.2, -0.15) is 0 Å². The monoisotopic (exact) mass is 176 g/mol. The topological polar surface area (TPSA) is 56.0 Å². The van der Waals surface area contributed by atoms with E-state index in [0.29, 0.717) is 0 Å². The van der Waals surface area contributed by atoms with Crippen molar-refractivity contribution < 1.29 is 4.79 Å². The van der Waals surface area contributed by atoms with Crippen LogP contribution < -0.4 is 5.73 Å². The standard InChI is InChI=1S/C10H12N2O/c1-8-4-3-7-12-9(8)5-2-6-10(11)13/h2-5,7H,6H2,1H3,(H2,11,13). The van der Waals surface area contributed by atoms with Crippen LogP contribution in [0.2, 0.25) is 0 Å². The van der Waals surface area contributed by atoms with E-state index >= 15 is 0 Å². The number of rotatable bonds is 3. The lowest BCUT2D eigenvalue weighted by Gasteiger charge is -1.96. The molecule has 1 amide bonds. The van der Waals surface area contributed by atoms with Crippen molar-refractivity contribution in [2.75, 3.05) is 0 Å². The van der Waals surface area contributed by atoms with Gasteiger partial charge in [0, 0.05) is 12.6 Å². The summed E-state index contributed by atoms with van der Waals surface area (Å²) >= 11 is 0. The van der Waals surface area contributed by atoms with Crippen LogP contribution in [-0.4, -0.2) is 10.9 Å². The molecule has 3 heteroatoms. The Labute approximate surface area is 77.3 Å². The number of hydrogen-bond donors (Lipinski definition) is 1. The van der Waals surface area contributed by atoms with Crippen molar-refractivity contribution in [2.24, 2.45) is 5.73 Å². The van der Waals surface area contributed by atoms with Crippen LogP contribution in [-0.2, 0) is 4.79 Å². The first-order chi connectivity index (χ1) is 6.20. The Kier molecular flexibility index (Phi) is 3.20. The lowest BCUT2D eigenvalue weighted by atomic mass is 10.2. The Morgan fingerprint density at radius 2 is 2.46 bits per heavy atom. The average Bonchev–Trinajstić information content (AvgIpc) is 2.08. The maximum absolute atomic E-state index is 10.4. The van der Waals surface area contributed by atoms with Gasteiger partial charge in [-0.25, -0.2) is 0 Å². The van der Waals surface area contributed by atoms with Gasteiger partial charge in [-0.15, -0.1) is 0 Å². The molecule has 0 unspecified atom stereocenters. The summed E-state index contributed by atoms with van der Waals surface area (Å²) in [4.78, 5) is 14.6. The molecule has 0 aliphatic rings. The average molecular weight is 176 g/mol. The normalized spacial score (nSPS) is 10.5. The lowest BCUT2D eigenvalue weighted by molar-refractivity contribution is -0.117. The molecule has 0 aliphatic carbocycles. The molecule has 1 heterocycles. The minimum Gasteiger partial charge on any atom is -0.369 e. The molecule has 3 nitrogen and oxygen atoms in total. The molecule has 0 saturated carbocycles. The maximum atomic E-state index is 10.4. The number of carbonyl (C=O) groups excluding carboxylic acids is 1. The summed E-state index contributed by atoms with van der Waals surface area (Å²) in [5.74, 6) is -0.329. The molecule has 0 aromatic carbocycles. The third kappa shape index (κ3) is 3.07. The largest absolute Gasteiger partial charge is 0.369 e. The van der Waals surface area contributed by atoms with Crippen molar-refractivity contribution in [1.29, 1.82) is 0 Å². The molecular weight excluding hydrogens is 164 g/mol. The Hall–Kier alpha value is -1.64. The van der Waals surface area contributed by atoms with Gasteiger partial charge in [-0.1, -0.05) is 12.1 Å². The van der Waals surface area contributed by atoms with E-state index < -0.39 is 0 Å². The molecule has 2 N–H and O–H groups in total. The van der Waals surface area contributed by atoms with E-state index in [1.165, 1.54) is 0 Å². The second-order valence-corrected chi connectivity index (χ2v) is 2.78. The molecule has 68 valence electrons. The van der Waals surface area contributed by atoms with Crippen molar-refractivity contribution >= 4 is 12.0 Å². The fraction of sp³-hybridized carbons (Fsp3) is 0.200. The van der Waals surface area contributed by atoms with Gasteiger partial charge < -0.3 is 5.73 Å². The maximum Gasteiger partial charge on any atom is 0.221 e. The van der Waals surface area contributed by atoms with Crippen molar-refractivity contribution in [1.82, 2.24) is 4.98 Å². The van der Waals surface area contributed by atoms with Crippen LogP contribution in [0.4, 0.5) is 0 Å². The van der Waals surface area contributed by atoms with Crippen LogP contribution in [0.25, 0.3) is 6.08 Å². The molecule has 0 atom stereocenters. The van der Waals surface area contributed by atoms with Crippen LogP contribution >= 0.6 is 0 Å². The fourth-order valence-corrected chi connectivity index (χ4v) is 0.959. The Morgan fingerprint density at radius 1 is 1.69 bits per heavy atom. The first-order valence-corrected chi connectivity index (χ1v) is 4.06. The van der Waals surface area contributed by atoms with Crippen LogP contribution in [0, 0.1) is 6.92 Å².